The lowest BCUT2D eigenvalue weighted by Crippen LogP contribution is -2.72. The van der Waals surface area contributed by atoms with Crippen molar-refractivity contribution < 1.29 is 9.73 Å². The predicted molar refractivity (Wildman–Crippen MR) is 47.0 cm³/mol. The summed E-state index contributed by atoms with van der Waals surface area (Å²) in [6.45, 7) is 0. The Morgan fingerprint density at radius 2 is 2.17 bits per heavy atom. The molecule has 0 bridgehead atoms. The van der Waals surface area contributed by atoms with Crippen LogP contribution in [0.3, 0.4) is 0 Å². The first-order valence-corrected chi connectivity index (χ1v) is 3.51. The van der Waals surface area contributed by atoms with Gasteiger partial charge in [0.2, 0.25) is 0 Å². The zero-order valence-corrected chi connectivity index (χ0v) is 6.87. The fourth-order valence-electron chi connectivity index (χ4n) is 0.867. The summed E-state index contributed by atoms with van der Waals surface area (Å²) in [4.78, 5) is 2.77. The SMILES string of the molecule is COc1cccc([NH+]=C(N)N)c1. The lowest BCUT2D eigenvalue weighted by atomic mass is 10.3. The minimum absolute atomic E-state index is 0.170. The Morgan fingerprint density at radius 1 is 1.42 bits per heavy atom. The fraction of sp³-hybridized carbons (Fsp3) is 0.125. The van der Waals surface area contributed by atoms with Crippen molar-refractivity contribution in [3.63, 3.8) is 0 Å². The molecular weight excluding hydrogens is 154 g/mol. The van der Waals surface area contributed by atoms with Crippen molar-refractivity contribution in [3.05, 3.63) is 24.3 Å². The van der Waals surface area contributed by atoms with Crippen molar-refractivity contribution in [2.45, 2.75) is 0 Å². The van der Waals surface area contributed by atoms with Crippen molar-refractivity contribution in [1.29, 1.82) is 0 Å². The molecule has 0 unspecified atom stereocenters. The molecule has 5 N–H and O–H groups in total. The maximum absolute atomic E-state index is 5.26. The monoisotopic (exact) mass is 166 g/mol. The summed E-state index contributed by atoms with van der Waals surface area (Å²) in [6, 6.07) is 7.35. The number of guanidine groups is 1. The quantitative estimate of drug-likeness (QED) is 0.377. The van der Waals surface area contributed by atoms with Gasteiger partial charge in [0.15, 0.2) is 0 Å². The highest BCUT2D eigenvalue weighted by Gasteiger charge is 1.94. The third kappa shape index (κ3) is 2.16. The zero-order chi connectivity index (χ0) is 8.97. The number of methoxy groups -OCH3 is 1. The first-order valence-electron chi connectivity index (χ1n) is 3.51. The van der Waals surface area contributed by atoms with Crippen LogP contribution in [-0.4, -0.2) is 13.1 Å². The van der Waals surface area contributed by atoms with Gasteiger partial charge in [-0.1, -0.05) is 6.07 Å². The van der Waals surface area contributed by atoms with Gasteiger partial charge in [-0.2, -0.15) is 0 Å². The third-order valence-electron chi connectivity index (χ3n) is 1.36. The highest BCUT2D eigenvalue weighted by atomic mass is 16.5. The first-order chi connectivity index (χ1) is 5.72. The predicted octanol–water partition coefficient (Wildman–Crippen LogP) is -1.32. The number of nitrogens with one attached hydrogen (secondary N) is 1. The molecule has 0 spiro atoms. The Hall–Kier alpha value is -1.71. The van der Waals surface area contributed by atoms with Gasteiger partial charge in [-0.3, -0.25) is 11.5 Å². The average molecular weight is 166 g/mol. The third-order valence-corrected chi connectivity index (χ3v) is 1.36. The Morgan fingerprint density at radius 3 is 2.75 bits per heavy atom. The van der Waals surface area contributed by atoms with E-state index in [4.69, 9.17) is 16.2 Å². The van der Waals surface area contributed by atoms with Gasteiger partial charge in [0.1, 0.15) is 11.4 Å². The molecule has 0 aliphatic heterocycles. The van der Waals surface area contributed by atoms with E-state index in [-0.39, 0.29) is 5.96 Å². The van der Waals surface area contributed by atoms with Gasteiger partial charge in [-0.15, -0.1) is 0 Å². The van der Waals surface area contributed by atoms with Gasteiger partial charge in [-0.05, 0) is 12.1 Å². The Bertz CT molecular complexity index is 292. The zero-order valence-electron chi connectivity index (χ0n) is 6.87. The van der Waals surface area contributed by atoms with Gasteiger partial charge < -0.3 is 4.74 Å². The van der Waals surface area contributed by atoms with E-state index in [1.165, 1.54) is 0 Å². The van der Waals surface area contributed by atoms with Crippen LogP contribution in [0, 0.1) is 0 Å². The van der Waals surface area contributed by atoms with E-state index in [9.17, 15) is 0 Å². The number of ether oxygens (including phenoxy) is 1. The molecular formula is C8H12N3O+. The molecule has 4 nitrogen and oxygen atoms in total. The molecule has 0 aliphatic rings. The topological polar surface area (TPSA) is 75.2 Å². The van der Waals surface area contributed by atoms with Crippen LogP contribution < -0.4 is 21.2 Å². The molecule has 1 rings (SSSR count). The van der Waals surface area contributed by atoms with Crippen LogP contribution in [0.5, 0.6) is 5.75 Å². The fourth-order valence-corrected chi connectivity index (χ4v) is 0.867. The Kier molecular flexibility index (Phi) is 2.53. The van der Waals surface area contributed by atoms with Crippen molar-refractivity contribution in [2.24, 2.45) is 11.5 Å². The van der Waals surface area contributed by atoms with E-state index in [0.29, 0.717) is 0 Å². The molecule has 0 heterocycles. The highest BCUT2D eigenvalue weighted by molar-refractivity contribution is 5.70. The smallest absolute Gasteiger partial charge is 0.343 e. The minimum Gasteiger partial charge on any atom is -0.497 e. The van der Waals surface area contributed by atoms with Crippen LogP contribution >= 0.6 is 0 Å². The Balaban J connectivity index is 2.94. The summed E-state index contributed by atoms with van der Waals surface area (Å²) < 4.78 is 5.01. The van der Waals surface area contributed by atoms with Crippen molar-refractivity contribution in [2.75, 3.05) is 7.11 Å². The highest BCUT2D eigenvalue weighted by Crippen LogP contribution is 2.11. The van der Waals surface area contributed by atoms with Crippen molar-refractivity contribution >= 4 is 11.6 Å². The summed E-state index contributed by atoms with van der Waals surface area (Å²) >= 11 is 0. The molecule has 0 radical (unpaired) electrons. The maximum Gasteiger partial charge on any atom is 0.343 e. The number of hydrogen-bond acceptors (Lipinski definition) is 1. The Labute approximate surface area is 70.8 Å². The summed E-state index contributed by atoms with van der Waals surface area (Å²) in [5, 5.41) is 0. The molecule has 0 aliphatic carbocycles. The molecule has 0 atom stereocenters. The normalized spacial score (nSPS) is 9.08. The average Bonchev–Trinajstić information content (AvgIpc) is 2.03. The van der Waals surface area contributed by atoms with Crippen LogP contribution in [-0.2, 0) is 0 Å². The van der Waals surface area contributed by atoms with E-state index in [1.54, 1.807) is 13.2 Å². The summed E-state index contributed by atoms with van der Waals surface area (Å²) in [6.07, 6.45) is 0. The second-order valence-electron chi connectivity index (χ2n) is 2.31. The van der Waals surface area contributed by atoms with E-state index in [0.717, 1.165) is 11.4 Å². The standard InChI is InChI=1S/C8H11N3O/c1-12-7-4-2-3-6(5-7)11-8(9)10/h2-5H,1H3,(H4,9,10,11)/p+1. The molecule has 0 saturated heterocycles. The van der Waals surface area contributed by atoms with E-state index >= 15 is 0 Å². The number of rotatable bonds is 2. The molecule has 0 amide bonds. The van der Waals surface area contributed by atoms with Crippen LogP contribution in [0.1, 0.15) is 0 Å². The molecule has 0 fully saturated rings. The largest absolute Gasteiger partial charge is 0.497 e. The summed E-state index contributed by atoms with van der Waals surface area (Å²) in [5.41, 5.74) is 11.3. The van der Waals surface area contributed by atoms with E-state index in [1.807, 2.05) is 18.2 Å². The summed E-state index contributed by atoms with van der Waals surface area (Å²) in [5.74, 6) is 0.935. The number of benzene rings is 1. The lowest BCUT2D eigenvalue weighted by Gasteiger charge is -1.98. The molecule has 0 saturated carbocycles. The lowest BCUT2D eigenvalue weighted by molar-refractivity contribution is -0.356. The molecule has 1 aromatic carbocycles. The number of hydrogen-bond donors (Lipinski definition) is 3. The molecule has 1 aromatic rings. The molecule has 4 heteroatoms. The van der Waals surface area contributed by atoms with E-state index < -0.39 is 0 Å². The molecule has 0 aromatic heterocycles. The van der Waals surface area contributed by atoms with Crippen molar-refractivity contribution in [1.82, 2.24) is 0 Å². The van der Waals surface area contributed by atoms with E-state index in [2.05, 4.69) is 4.99 Å². The minimum atomic E-state index is 0.170. The van der Waals surface area contributed by atoms with Gasteiger partial charge in [0, 0.05) is 6.07 Å². The maximum atomic E-state index is 5.26. The van der Waals surface area contributed by atoms with Crippen LogP contribution in [0.15, 0.2) is 24.3 Å². The van der Waals surface area contributed by atoms with Crippen LogP contribution in [0.25, 0.3) is 0 Å². The van der Waals surface area contributed by atoms with Gasteiger partial charge in [0.25, 0.3) is 0 Å². The second-order valence-corrected chi connectivity index (χ2v) is 2.31. The molecule has 12 heavy (non-hydrogen) atoms. The van der Waals surface area contributed by atoms with Gasteiger partial charge >= 0.3 is 5.96 Å². The van der Waals surface area contributed by atoms with Crippen LogP contribution in [0.4, 0.5) is 5.69 Å². The van der Waals surface area contributed by atoms with Gasteiger partial charge in [-0.25, -0.2) is 4.99 Å². The van der Waals surface area contributed by atoms with Gasteiger partial charge in [0.05, 0.1) is 7.11 Å². The van der Waals surface area contributed by atoms with Crippen molar-refractivity contribution in [3.8, 4) is 5.75 Å². The van der Waals surface area contributed by atoms with Crippen LogP contribution in [0.2, 0.25) is 0 Å². The summed E-state index contributed by atoms with van der Waals surface area (Å²) in [7, 11) is 1.61. The first kappa shape index (κ1) is 8.39. The second kappa shape index (κ2) is 3.61. The molecule has 64 valence electrons. The number of nitrogens with two attached hydrogens (primary N) is 2.